The SMILES string of the molecule is O=C(NCC(O)CN1CCc2c(ccc(OCc3cnco3)c2Cl)C1)c1ccnc(NC2CCC(F)(F)C2)c1. The number of β-amino-alcohol motifs (C(OH)–C–C–N with tert-alkyl or cyclic N) is 1. The van der Waals surface area contributed by atoms with Gasteiger partial charge in [-0.05, 0) is 42.2 Å². The van der Waals surface area contributed by atoms with Crippen molar-refractivity contribution < 1.29 is 27.8 Å². The average Bonchev–Trinajstić information content (AvgIpc) is 3.56. The number of benzene rings is 1. The van der Waals surface area contributed by atoms with Gasteiger partial charge in [-0.3, -0.25) is 9.69 Å². The number of alkyl halides is 2. The van der Waals surface area contributed by atoms with Crippen LogP contribution in [0, 0.1) is 0 Å². The van der Waals surface area contributed by atoms with Crippen molar-refractivity contribution in [1.82, 2.24) is 20.2 Å². The number of aliphatic hydroxyl groups excluding tert-OH is 1. The Morgan fingerprint density at radius 3 is 3.00 bits per heavy atom. The highest BCUT2D eigenvalue weighted by Crippen LogP contribution is 2.36. The van der Waals surface area contributed by atoms with E-state index in [2.05, 4.69) is 25.5 Å². The molecule has 2 atom stereocenters. The first-order chi connectivity index (χ1) is 18.8. The summed E-state index contributed by atoms with van der Waals surface area (Å²) >= 11 is 6.61. The van der Waals surface area contributed by atoms with Gasteiger partial charge in [0.2, 0.25) is 5.92 Å². The fourth-order valence-electron chi connectivity index (χ4n) is 4.99. The molecular weight excluding hydrogens is 532 g/mol. The van der Waals surface area contributed by atoms with Gasteiger partial charge in [-0.15, -0.1) is 0 Å². The van der Waals surface area contributed by atoms with Gasteiger partial charge >= 0.3 is 0 Å². The lowest BCUT2D eigenvalue weighted by molar-refractivity contribution is 0.00851. The summed E-state index contributed by atoms with van der Waals surface area (Å²) < 4.78 is 37.9. The smallest absolute Gasteiger partial charge is 0.251 e. The van der Waals surface area contributed by atoms with E-state index in [1.165, 1.54) is 18.7 Å². The van der Waals surface area contributed by atoms with Crippen molar-refractivity contribution in [3.63, 3.8) is 0 Å². The van der Waals surface area contributed by atoms with Crippen molar-refractivity contribution in [2.24, 2.45) is 0 Å². The molecule has 208 valence electrons. The zero-order valence-electron chi connectivity index (χ0n) is 21.2. The van der Waals surface area contributed by atoms with Crippen LogP contribution in [0.5, 0.6) is 5.75 Å². The van der Waals surface area contributed by atoms with Gasteiger partial charge in [0, 0.05) is 56.8 Å². The maximum atomic E-state index is 13.5. The Labute approximate surface area is 229 Å². The summed E-state index contributed by atoms with van der Waals surface area (Å²) in [6, 6.07) is 6.50. The first kappa shape index (κ1) is 27.3. The number of hydrogen-bond donors (Lipinski definition) is 3. The van der Waals surface area contributed by atoms with Crippen LogP contribution in [0.25, 0.3) is 0 Å². The summed E-state index contributed by atoms with van der Waals surface area (Å²) in [4.78, 5) is 22.8. The number of rotatable bonds is 10. The molecular formula is C27H30ClF2N5O4. The topological polar surface area (TPSA) is 113 Å². The Morgan fingerprint density at radius 2 is 2.23 bits per heavy atom. The highest BCUT2D eigenvalue weighted by Gasteiger charge is 2.39. The van der Waals surface area contributed by atoms with E-state index >= 15 is 0 Å². The maximum absolute atomic E-state index is 13.5. The van der Waals surface area contributed by atoms with Crippen LogP contribution in [0.2, 0.25) is 5.02 Å². The molecule has 1 aliphatic carbocycles. The Morgan fingerprint density at radius 1 is 1.36 bits per heavy atom. The van der Waals surface area contributed by atoms with Gasteiger partial charge in [0.25, 0.3) is 5.91 Å². The quantitative estimate of drug-likeness (QED) is 0.340. The Balaban J connectivity index is 1.09. The summed E-state index contributed by atoms with van der Waals surface area (Å²) in [5.74, 6) is -1.47. The van der Waals surface area contributed by atoms with Crippen molar-refractivity contribution >= 4 is 23.3 Å². The Bertz CT molecular complexity index is 1290. The number of oxazole rings is 1. The van der Waals surface area contributed by atoms with Gasteiger partial charge < -0.3 is 24.9 Å². The number of carbonyl (C=O) groups is 1. The predicted molar refractivity (Wildman–Crippen MR) is 140 cm³/mol. The predicted octanol–water partition coefficient (Wildman–Crippen LogP) is 4.05. The second-order valence-electron chi connectivity index (χ2n) is 9.99. The number of pyridine rings is 1. The minimum absolute atomic E-state index is 0.0668. The van der Waals surface area contributed by atoms with Crippen LogP contribution in [0.3, 0.4) is 0 Å². The zero-order chi connectivity index (χ0) is 27.4. The van der Waals surface area contributed by atoms with E-state index in [1.807, 2.05) is 12.1 Å². The summed E-state index contributed by atoms with van der Waals surface area (Å²) in [6.45, 7) is 1.99. The molecule has 1 saturated carbocycles. The first-order valence-corrected chi connectivity index (χ1v) is 13.2. The van der Waals surface area contributed by atoms with Crippen molar-refractivity contribution in [3.05, 3.63) is 70.5 Å². The third-order valence-corrected chi connectivity index (χ3v) is 7.39. The van der Waals surface area contributed by atoms with Crippen LogP contribution in [-0.2, 0) is 19.6 Å². The van der Waals surface area contributed by atoms with Crippen molar-refractivity contribution in [2.45, 2.75) is 56.9 Å². The van der Waals surface area contributed by atoms with Crippen LogP contribution < -0.4 is 15.4 Å². The average molecular weight is 562 g/mol. The maximum Gasteiger partial charge on any atom is 0.251 e. The number of aromatic nitrogens is 2. The zero-order valence-corrected chi connectivity index (χ0v) is 22.0. The van der Waals surface area contributed by atoms with Gasteiger partial charge in [-0.1, -0.05) is 17.7 Å². The lowest BCUT2D eigenvalue weighted by Gasteiger charge is -2.31. The van der Waals surface area contributed by atoms with Gasteiger partial charge in [-0.25, -0.2) is 18.7 Å². The van der Waals surface area contributed by atoms with Crippen molar-refractivity contribution in [2.75, 3.05) is 25.0 Å². The second-order valence-corrected chi connectivity index (χ2v) is 10.4. The minimum Gasteiger partial charge on any atom is -0.484 e. The highest BCUT2D eigenvalue weighted by molar-refractivity contribution is 6.33. The van der Waals surface area contributed by atoms with Crippen LogP contribution in [0.4, 0.5) is 14.6 Å². The first-order valence-electron chi connectivity index (χ1n) is 12.9. The number of nitrogens with zero attached hydrogens (tertiary/aromatic N) is 3. The van der Waals surface area contributed by atoms with Crippen LogP contribution in [0.15, 0.2) is 47.5 Å². The van der Waals surface area contributed by atoms with Gasteiger partial charge in [0.05, 0.1) is 17.3 Å². The molecule has 9 nitrogen and oxygen atoms in total. The molecule has 5 rings (SSSR count). The molecule has 1 amide bonds. The molecule has 2 unspecified atom stereocenters. The third-order valence-electron chi connectivity index (χ3n) is 6.98. The van der Waals surface area contributed by atoms with E-state index in [4.69, 9.17) is 20.8 Å². The van der Waals surface area contributed by atoms with Crippen molar-refractivity contribution in [1.29, 1.82) is 0 Å². The van der Waals surface area contributed by atoms with Gasteiger partial charge in [0.1, 0.15) is 18.2 Å². The number of nitrogens with one attached hydrogen (secondary N) is 2. The van der Waals surface area contributed by atoms with E-state index in [0.717, 1.165) is 11.1 Å². The molecule has 12 heteroatoms. The third kappa shape index (κ3) is 7.03. The fraction of sp³-hybridized carbons (Fsp3) is 0.444. The number of hydrogen-bond acceptors (Lipinski definition) is 8. The number of anilines is 1. The number of fused-ring (bicyclic) bond motifs is 1. The Kier molecular flexibility index (Phi) is 8.29. The largest absolute Gasteiger partial charge is 0.484 e. The standard InChI is InChI=1S/C27H30ClF2N5O4/c28-25-22-5-8-35(13-18(22)1-2-23(25)38-15-21-12-31-16-39-21)14-20(36)11-33-26(37)17-4-7-32-24(9-17)34-19-3-6-27(29,30)10-19/h1-2,4,7,9,12,16,19-20,36H,3,5-6,8,10-11,13-15H2,(H,32,34)(H,33,37). The van der Waals surface area contributed by atoms with E-state index in [9.17, 15) is 18.7 Å². The second kappa shape index (κ2) is 11.8. The minimum atomic E-state index is -2.67. The van der Waals surface area contributed by atoms with Crippen LogP contribution in [0.1, 0.15) is 46.5 Å². The Hall–Kier alpha value is -3.28. The molecule has 1 fully saturated rings. The van der Waals surface area contributed by atoms with Crippen molar-refractivity contribution in [3.8, 4) is 5.75 Å². The molecule has 3 heterocycles. The lowest BCUT2D eigenvalue weighted by Crippen LogP contribution is -2.42. The molecule has 1 aliphatic heterocycles. The molecule has 0 bridgehead atoms. The molecule has 0 saturated heterocycles. The lowest BCUT2D eigenvalue weighted by atomic mass is 9.99. The monoisotopic (exact) mass is 561 g/mol. The highest BCUT2D eigenvalue weighted by atomic mass is 35.5. The molecule has 3 aromatic rings. The fourth-order valence-corrected chi connectivity index (χ4v) is 5.32. The number of ether oxygens (including phenoxy) is 1. The van der Waals surface area contributed by atoms with E-state index < -0.39 is 12.0 Å². The van der Waals surface area contributed by atoms with E-state index in [0.29, 0.717) is 60.4 Å². The van der Waals surface area contributed by atoms with Gasteiger partial charge in [-0.2, -0.15) is 0 Å². The molecule has 2 aliphatic rings. The summed E-state index contributed by atoms with van der Waals surface area (Å²) in [7, 11) is 0. The molecule has 0 spiro atoms. The molecule has 1 aromatic carbocycles. The van der Waals surface area contributed by atoms with Gasteiger partial charge in [0.15, 0.2) is 12.2 Å². The summed E-state index contributed by atoms with van der Waals surface area (Å²) in [5.41, 5.74) is 2.42. The molecule has 39 heavy (non-hydrogen) atoms. The summed E-state index contributed by atoms with van der Waals surface area (Å²) in [5, 5.41) is 16.9. The number of halogens is 3. The molecule has 0 radical (unpaired) electrons. The number of aliphatic hydroxyl groups is 1. The van der Waals surface area contributed by atoms with E-state index in [-0.39, 0.29) is 37.9 Å². The van der Waals surface area contributed by atoms with E-state index in [1.54, 1.807) is 12.3 Å². The number of carbonyl (C=O) groups excluding carboxylic acids is 1. The summed E-state index contributed by atoms with van der Waals surface area (Å²) in [6.07, 6.45) is 4.26. The van der Waals surface area contributed by atoms with Crippen LogP contribution in [-0.4, -0.2) is 63.6 Å². The number of amides is 1. The van der Waals surface area contributed by atoms with Crippen LogP contribution >= 0.6 is 11.6 Å². The molecule has 3 N–H and O–H groups in total. The normalized spacial score (nSPS) is 19.3. The molecule has 2 aromatic heterocycles.